The molecule has 0 bridgehead atoms. The molecule has 2 aromatic rings. The van der Waals surface area contributed by atoms with Gasteiger partial charge in [0.15, 0.2) is 0 Å². The highest BCUT2D eigenvalue weighted by molar-refractivity contribution is 7.85. The third kappa shape index (κ3) is 3.87. The van der Waals surface area contributed by atoms with Crippen LogP contribution in [0.3, 0.4) is 0 Å². The second-order valence-electron chi connectivity index (χ2n) is 4.73. The van der Waals surface area contributed by atoms with E-state index in [9.17, 15) is 8.42 Å². The average Bonchev–Trinajstić information content (AvgIpc) is 2.74. The molecule has 0 fully saturated rings. The van der Waals surface area contributed by atoms with Crippen LogP contribution in [0.2, 0.25) is 5.15 Å². The minimum absolute atomic E-state index is 0.233. The third-order valence-corrected chi connectivity index (χ3v) is 3.80. The molecular formula is C14H14ClN3O3S. The standard InChI is InChI=1S/C14H14ClN3O3S/c1-10-7-13(8-16)18(14(10)15)12-5-3-11(4-6-12)9-17-21-22(2,19)20/h3-7,17H,9H2,1-2H3. The number of aryl methyl sites for hydroxylation is 1. The Kier molecular flexibility index (Phi) is 4.88. The van der Waals surface area contributed by atoms with Crippen molar-refractivity contribution in [2.75, 3.05) is 6.26 Å². The van der Waals surface area contributed by atoms with E-state index in [0.717, 1.165) is 23.1 Å². The summed E-state index contributed by atoms with van der Waals surface area (Å²) < 4.78 is 27.8. The molecule has 0 saturated heterocycles. The lowest BCUT2D eigenvalue weighted by molar-refractivity contribution is 0.201. The van der Waals surface area contributed by atoms with Gasteiger partial charge in [-0.1, -0.05) is 23.7 Å². The lowest BCUT2D eigenvalue weighted by Gasteiger charge is -2.09. The molecule has 0 saturated carbocycles. The maximum atomic E-state index is 10.8. The molecule has 0 amide bonds. The van der Waals surface area contributed by atoms with E-state index in [-0.39, 0.29) is 6.54 Å². The van der Waals surface area contributed by atoms with Crippen molar-refractivity contribution in [2.24, 2.45) is 0 Å². The summed E-state index contributed by atoms with van der Waals surface area (Å²) in [5.74, 6) is 0. The van der Waals surface area contributed by atoms with Gasteiger partial charge in [0.2, 0.25) is 0 Å². The predicted octanol–water partition coefficient (Wildman–Crippen LogP) is 2.29. The highest BCUT2D eigenvalue weighted by atomic mass is 35.5. The summed E-state index contributed by atoms with van der Waals surface area (Å²) in [7, 11) is -3.53. The van der Waals surface area contributed by atoms with E-state index in [1.165, 1.54) is 0 Å². The molecule has 0 aliphatic carbocycles. The number of aromatic nitrogens is 1. The highest BCUT2D eigenvalue weighted by Gasteiger charge is 2.12. The van der Waals surface area contributed by atoms with E-state index < -0.39 is 10.1 Å². The second kappa shape index (κ2) is 6.50. The smallest absolute Gasteiger partial charge is 0.280 e. The largest absolute Gasteiger partial charge is 0.291 e. The molecule has 2 rings (SSSR count). The van der Waals surface area contributed by atoms with E-state index in [4.69, 9.17) is 16.9 Å². The number of hydroxylamine groups is 1. The van der Waals surface area contributed by atoms with Crippen LogP contribution in [0.5, 0.6) is 0 Å². The van der Waals surface area contributed by atoms with Crippen molar-refractivity contribution in [1.82, 2.24) is 10.0 Å². The van der Waals surface area contributed by atoms with Gasteiger partial charge >= 0.3 is 0 Å². The van der Waals surface area contributed by atoms with Crippen LogP contribution < -0.4 is 5.48 Å². The van der Waals surface area contributed by atoms with Crippen molar-refractivity contribution in [3.05, 3.63) is 52.3 Å². The first-order valence-electron chi connectivity index (χ1n) is 6.30. The molecule has 0 atom stereocenters. The van der Waals surface area contributed by atoms with Gasteiger partial charge in [-0.3, -0.25) is 4.57 Å². The average molecular weight is 340 g/mol. The van der Waals surface area contributed by atoms with Crippen molar-refractivity contribution in [3.8, 4) is 11.8 Å². The Hall–Kier alpha value is -1.85. The fourth-order valence-corrected chi connectivity index (χ4v) is 2.44. The van der Waals surface area contributed by atoms with Crippen LogP contribution >= 0.6 is 11.6 Å². The summed E-state index contributed by atoms with van der Waals surface area (Å²) in [6.45, 7) is 2.07. The molecule has 116 valence electrons. The third-order valence-electron chi connectivity index (χ3n) is 2.91. The van der Waals surface area contributed by atoms with Crippen molar-refractivity contribution >= 4 is 21.7 Å². The molecular weight excluding hydrogens is 326 g/mol. The Bertz CT molecular complexity index is 820. The van der Waals surface area contributed by atoms with E-state index in [1.54, 1.807) is 34.9 Å². The van der Waals surface area contributed by atoms with Crippen LogP contribution in [0.4, 0.5) is 0 Å². The van der Waals surface area contributed by atoms with Gasteiger partial charge in [0.1, 0.15) is 16.9 Å². The fourth-order valence-electron chi connectivity index (χ4n) is 1.93. The number of rotatable bonds is 5. The summed E-state index contributed by atoms with van der Waals surface area (Å²) in [5, 5.41) is 9.64. The molecule has 1 aromatic heterocycles. The molecule has 8 heteroatoms. The monoisotopic (exact) mass is 339 g/mol. The van der Waals surface area contributed by atoms with E-state index in [1.807, 2.05) is 6.92 Å². The number of nitriles is 1. The van der Waals surface area contributed by atoms with E-state index in [2.05, 4.69) is 15.8 Å². The summed E-state index contributed by atoms with van der Waals surface area (Å²) in [6, 6.07) is 11.0. The SMILES string of the molecule is Cc1cc(C#N)n(-c2ccc(CNOS(C)(=O)=O)cc2)c1Cl. The molecule has 0 radical (unpaired) electrons. The van der Waals surface area contributed by atoms with Gasteiger partial charge in [-0.2, -0.15) is 23.4 Å². The van der Waals surface area contributed by atoms with Gasteiger partial charge < -0.3 is 0 Å². The van der Waals surface area contributed by atoms with Crippen molar-refractivity contribution < 1.29 is 12.7 Å². The van der Waals surface area contributed by atoms with Crippen LogP contribution in [-0.2, 0) is 20.9 Å². The van der Waals surface area contributed by atoms with Gasteiger partial charge in [-0.05, 0) is 36.2 Å². The van der Waals surface area contributed by atoms with Gasteiger partial charge in [-0.15, -0.1) is 0 Å². The summed E-state index contributed by atoms with van der Waals surface area (Å²) in [6.07, 6.45) is 0.961. The van der Waals surface area contributed by atoms with Gasteiger partial charge in [0.25, 0.3) is 10.1 Å². The lowest BCUT2D eigenvalue weighted by atomic mass is 10.2. The zero-order valence-corrected chi connectivity index (χ0v) is 13.6. The Morgan fingerprint density at radius 1 is 1.36 bits per heavy atom. The lowest BCUT2D eigenvalue weighted by Crippen LogP contribution is -2.18. The molecule has 6 nitrogen and oxygen atoms in total. The predicted molar refractivity (Wildman–Crippen MR) is 83.0 cm³/mol. The van der Waals surface area contributed by atoms with Gasteiger partial charge in [-0.25, -0.2) is 0 Å². The van der Waals surface area contributed by atoms with E-state index in [0.29, 0.717) is 10.8 Å². The summed E-state index contributed by atoms with van der Waals surface area (Å²) in [5.41, 5.74) is 5.22. The minimum atomic E-state index is -3.53. The molecule has 0 spiro atoms. The van der Waals surface area contributed by atoms with Crippen LogP contribution in [0.25, 0.3) is 5.69 Å². The Labute approximate surface area is 134 Å². The van der Waals surface area contributed by atoms with Gasteiger partial charge in [0.05, 0.1) is 6.26 Å². The Morgan fingerprint density at radius 2 is 2.00 bits per heavy atom. The van der Waals surface area contributed by atoms with Crippen LogP contribution in [0.15, 0.2) is 30.3 Å². The zero-order valence-electron chi connectivity index (χ0n) is 12.0. The first-order valence-corrected chi connectivity index (χ1v) is 8.50. The molecule has 0 unspecified atom stereocenters. The molecule has 22 heavy (non-hydrogen) atoms. The number of nitrogens with zero attached hydrogens (tertiary/aromatic N) is 2. The number of benzene rings is 1. The molecule has 1 N–H and O–H groups in total. The molecule has 1 heterocycles. The van der Waals surface area contributed by atoms with Crippen LogP contribution in [0.1, 0.15) is 16.8 Å². The molecule has 0 aliphatic rings. The molecule has 1 aromatic carbocycles. The zero-order chi connectivity index (χ0) is 16.3. The Morgan fingerprint density at radius 3 is 2.55 bits per heavy atom. The normalized spacial score (nSPS) is 11.4. The minimum Gasteiger partial charge on any atom is -0.291 e. The first-order chi connectivity index (χ1) is 10.3. The van der Waals surface area contributed by atoms with Crippen molar-refractivity contribution in [2.45, 2.75) is 13.5 Å². The maximum Gasteiger partial charge on any atom is 0.280 e. The van der Waals surface area contributed by atoms with Crippen LogP contribution in [0, 0.1) is 18.3 Å². The maximum absolute atomic E-state index is 10.8. The number of nitrogens with one attached hydrogen (secondary N) is 1. The quantitative estimate of drug-likeness (QED) is 0.845. The highest BCUT2D eigenvalue weighted by Crippen LogP contribution is 2.25. The number of hydrogen-bond acceptors (Lipinski definition) is 5. The fraction of sp³-hybridized carbons (Fsp3) is 0.214. The molecule has 0 aliphatic heterocycles. The summed E-state index contributed by atoms with van der Waals surface area (Å²) >= 11 is 6.21. The first kappa shape index (κ1) is 16.5. The Balaban J connectivity index is 2.18. The topological polar surface area (TPSA) is 84.1 Å². The van der Waals surface area contributed by atoms with E-state index >= 15 is 0 Å². The number of hydrogen-bond donors (Lipinski definition) is 1. The van der Waals surface area contributed by atoms with Gasteiger partial charge in [0, 0.05) is 12.2 Å². The van der Waals surface area contributed by atoms with Crippen LogP contribution in [-0.4, -0.2) is 19.2 Å². The summed E-state index contributed by atoms with van der Waals surface area (Å²) in [4.78, 5) is 0. The second-order valence-corrected chi connectivity index (χ2v) is 6.66. The number of halogens is 1. The van der Waals surface area contributed by atoms with Crippen molar-refractivity contribution in [3.63, 3.8) is 0 Å². The van der Waals surface area contributed by atoms with Crippen molar-refractivity contribution in [1.29, 1.82) is 5.26 Å².